The van der Waals surface area contributed by atoms with Crippen LogP contribution in [0.2, 0.25) is 0 Å². The van der Waals surface area contributed by atoms with E-state index in [0.717, 1.165) is 42.0 Å². The van der Waals surface area contributed by atoms with Crippen LogP contribution in [0.1, 0.15) is 38.7 Å². The molecule has 3 aliphatic heterocycles. The average molecular weight is 575 g/mol. The van der Waals surface area contributed by atoms with Gasteiger partial charge in [-0.05, 0) is 38.5 Å². The summed E-state index contributed by atoms with van der Waals surface area (Å²) in [5.41, 5.74) is 3.55. The van der Waals surface area contributed by atoms with Crippen LogP contribution in [-0.4, -0.2) is 73.1 Å². The SMILES string of the molecule is COCCC(=O)N1CCN(c2cncc(Nc3cc4c(cn3)-c3cc(F)c(N5CCCC5=O)cc3OC4(C)C)c2)CC1. The lowest BCUT2D eigenvalue weighted by Crippen LogP contribution is -2.49. The number of amides is 2. The van der Waals surface area contributed by atoms with Gasteiger partial charge in [-0.15, -0.1) is 0 Å². The molecule has 3 aromatic rings. The van der Waals surface area contributed by atoms with Gasteiger partial charge in [0.15, 0.2) is 0 Å². The fraction of sp³-hybridized carbons (Fsp3) is 0.419. The Bertz CT molecular complexity index is 1520. The molecule has 220 valence electrons. The van der Waals surface area contributed by atoms with E-state index in [9.17, 15) is 9.59 Å². The zero-order chi connectivity index (χ0) is 29.4. The molecule has 3 aliphatic rings. The van der Waals surface area contributed by atoms with E-state index in [-0.39, 0.29) is 17.5 Å². The fourth-order valence-electron chi connectivity index (χ4n) is 5.89. The van der Waals surface area contributed by atoms with Crippen LogP contribution in [0.3, 0.4) is 0 Å². The molecule has 11 heteroatoms. The highest BCUT2D eigenvalue weighted by Gasteiger charge is 2.35. The minimum atomic E-state index is -0.716. The number of rotatable bonds is 7. The summed E-state index contributed by atoms with van der Waals surface area (Å²) in [6, 6.07) is 7.02. The molecule has 2 fully saturated rings. The number of anilines is 4. The van der Waals surface area contributed by atoms with E-state index < -0.39 is 11.4 Å². The smallest absolute Gasteiger partial charge is 0.227 e. The van der Waals surface area contributed by atoms with Crippen molar-refractivity contribution < 1.29 is 23.5 Å². The number of piperazine rings is 1. The normalized spacial score (nSPS) is 17.5. The van der Waals surface area contributed by atoms with Gasteiger partial charge in [-0.25, -0.2) is 9.37 Å². The zero-order valence-corrected chi connectivity index (χ0v) is 24.2. The van der Waals surface area contributed by atoms with Gasteiger partial charge in [0, 0.05) is 75.2 Å². The second kappa shape index (κ2) is 11.2. The van der Waals surface area contributed by atoms with Crippen molar-refractivity contribution in [1.82, 2.24) is 14.9 Å². The Balaban J connectivity index is 1.20. The van der Waals surface area contributed by atoms with E-state index in [0.29, 0.717) is 56.2 Å². The first-order chi connectivity index (χ1) is 20.2. The summed E-state index contributed by atoms with van der Waals surface area (Å²) in [6.07, 6.45) is 6.83. The first-order valence-corrected chi connectivity index (χ1v) is 14.3. The van der Waals surface area contributed by atoms with Gasteiger partial charge in [-0.2, -0.15) is 0 Å². The molecule has 2 aromatic heterocycles. The zero-order valence-electron chi connectivity index (χ0n) is 24.2. The maximum absolute atomic E-state index is 15.2. The molecule has 0 spiro atoms. The van der Waals surface area contributed by atoms with Crippen LogP contribution in [0.15, 0.2) is 42.9 Å². The molecule has 2 saturated heterocycles. The van der Waals surface area contributed by atoms with Crippen molar-refractivity contribution in [1.29, 1.82) is 0 Å². The maximum Gasteiger partial charge on any atom is 0.227 e. The molecule has 0 unspecified atom stereocenters. The third kappa shape index (κ3) is 5.36. The summed E-state index contributed by atoms with van der Waals surface area (Å²) in [6.45, 7) is 7.61. The van der Waals surface area contributed by atoms with Crippen molar-refractivity contribution in [2.75, 3.05) is 61.6 Å². The van der Waals surface area contributed by atoms with E-state index in [4.69, 9.17) is 9.47 Å². The molecule has 6 rings (SSSR count). The van der Waals surface area contributed by atoms with Crippen LogP contribution in [-0.2, 0) is 19.9 Å². The highest BCUT2D eigenvalue weighted by atomic mass is 19.1. The number of fused-ring (bicyclic) bond motifs is 3. The molecular formula is C31H35FN6O4. The number of carbonyl (C=O) groups excluding carboxylic acids is 2. The number of hydrogen-bond donors (Lipinski definition) is 1. The molecule has 0 atom stereocenters. The lowest BCUT2D eigenvalue weighted by molar-refractivity contribution is -0.132. The number of aromatic nitrogens is 2. The number of pyridine rings is 2. The van der Waals surface area contributed by atoms with E-state index in [2.05, 4.69) is 20.2 Å². The topological polar surface area (TPSA) is 100 Å². The Morgan fingerprint density at radius 1 is 1.07 bits per heavy atom. The molecule has 2 amide bonds. The lowest BCUT2D eigenvalue weighted by Gasteiger charge is -2.36. The van der Waals surface area contributed by atoms with Crippen molar-refractivity contribution in [3.63, 3.8) is 0 Å². The van der Waals surface area contributed by atoms with Crippen LogP contribution < -0.4 is 19.9 Å². The van der Waals surface area contributed by atoms with Gasteiger partial charge in [-0.3, -0.25) is 14.6 Å². The molecule has 1 aromatic carbocycles. The Hall–Kier alpha value is -4.25. The summed E-state index contributed by atoms with van der Waals surface area (Å²) in [5, 5.41) is 3.36. The summed E-state index contributed by atoms with van der Waals surface area (Å²) >= 11 is 0. The summed E-state index contributed by atoms with van der Waals surface area (Å²) in [4.78, 5) is 39.2. The largest absolute Gasteiger partial charge is 0.482 e. The first kappa shape index (κ1) is 27.9. The molecule has 42 heavy (non-hydrogen) atoms. The lowest BCUT2D eigenvalue weighted by atomic mass is 9.87. The van der Waals surface area contributed by atoms with Crippen LogP contribution in [0.25, 0.3) is 11.1 Å². The third-order valence-electron chi connectivity index (χ3n) is 8.13. The number of ether oxygens (including phenoxy) is 2. The van der Waals surface area contributed by atoms with Crippen LogP contribution in [0.5, 0.6) is 5.75 Å². The Labute approximate surface area is 244 Å². The van der Waals surface area contributed by atoms with Gasteiger partial charge in [0.2, 0.25) is 11.8 Å². The number of nitrogens with one attached hydrogen (secondary N) is 1. The summed E-state index contributed by atoms with van der Waals surface area (Å²) in [7, 11) is 1.60. The minimum absolute atomic E-state index is 0.0735. The number of carbonyl (C=O) groups is 2. The van der Waals surface area contributed by atoms with Gasteiger partial charge < -0.3 is 29.5 Å². The highest BCUT2D eigenvalue weighted by Crippen LogP contribution is 2.48. The van der Waals surface area contributed by atoms with Gasteiger partial charge in [-0.1, -0.05) is 0 Å². The molecule has 0 bridgehead atoms. The van der Waals surface area contributed by atoms with E-state index in [1.54, 1.807) is 25.6 Å². The second-order valence-electron chi connectivity index (χ2n) is 11.3. The van der Waals surface area contributed by atoms with Crippen LogP contribution >= 0.6 is 0 Å². The number of nitrogens with zero attached hydrogens (tertiary/aromatic N) is 5. The number of benzene rings is 1. The Morgan fingerprint density at radius 2 is 1.88 bits per heavy atom. The molecule has 0 saturated carbocycles. The van der Waals surface area contributed by atoms with Gasteiger partial charge in [0.25, 0.3) is 0 Å². The molecule has 10 nitrogen and oxygen atoms in total. The molecule has 0 aliphatic carbocycles. The van der Waals surface area contributed by atoms with Crippen molar-refractivity contribution in [3.05, 3.63) is 54.2 Å². The molecular weight excluding hydrogens is 539 g/mol. The quantitative estimate of drug-likeness (QED) is 0.442. The summed E-state index contributed by atoms with van der Waals surface area (Å²) in [5.74, 6) is 0.728. The van der Waals surface area contributed by atoms with Crippen molar-refractivity contribution in [3.8, 4) is 16.9 Å². The standard InChI is InChI=1S/C31H35FN6O4/c1-31(2)24-15-28(34-19-23(24)22-14-25(32)26(16-27(22)42-31)38-7-4-5-30(38)40)35-20-13-21(18-33-17-20)36-8-10-37(11-9-36)29(39)6-12-41-3/h13-19H,4-12H2,1-3H3,(H,34,35). The highest BCUT2D eigenvalue weighted by molar-refractivity contribution is 5.96. The van der Waals surface area contributed by atoms with Crippen molar-refractivity contribution in [2.45, 2.75) is 38.7 Å². The second-order valence-corrected chi connectivity index (χ2v) is 11.3. The fourth-order valence-corrected chi connectivity index (χ4v) is 5.89. The summed E-state index contributed by atoms with van der Waals surface area (Å²) < 4.78 is 26.6. The van der Waals surface area contributed by atoms with Gasteiger partial charge >= 0.3 is 0 Å². The van der Waals surface area contributed by atoms with Crippen LogP contribution in [0, 0.1) is 5.82 Å². The number of methoxy groups -OCH3 is 1. The maximum atomic E-state index is 15.2. The monoisotopic (exact) mass is 574 g/mol. The Morgan fingerprint density at radius 3 is 2.62 bits per heavy atom. The van der Waals surface area contributed by atoms with Gasteiger partial charge in [0.1, 0.15) is 23.0 Å². The molecule has 0 radical (unpaired) electrons. The van der Waals surface area contributed by atoms with Crippen molar-refractivity contribution in [2.24, 2.45) is 0 Å². The van der Waals surface area contributed by atoms with Gasteiger partial charge in [0.05, 0.1) is 42.5 Å². The van der Waals surface area contributed by atoms with E-state index in [1.807, 2.05) is 37.1 Å². The molecule has 5 heterocycles. The minimum Gasteiger partial charge on any atom is -0.482 e. The average Bonchev–Trinajstić information content (AvgIpc) is 3.41. The predicted molar refractivity (Wildman–Crippen MR) is 158 cm³/mol. The van der Waals surface area contributed by atoms with Crippen LogP contribution in [0.4, 0.5) is 27.3 Å². The molecule has 1 N–H and O–H groups in total. The first-order valence-electron chi connectivity index (χ1n) is 14.3. The van der Waals surface area contributed by atoms with E-state index >= 15 is 4.39 Å². The number of halogens is 1. The Kier molecular flexibility index (Phi) is 7.44. The number of hydrogen-bond acceptors (Lipinski definition) is 8. The van der Waals surface area contributed by atoms with Crippen molar-refractivity contribution >= 4 is 34.7 Å². The van der Waals surface area contributed by atoms with E-state index in [1.165, 1.54) is 11.0 Å². The predicted octanol–water partition coefficient (Wildman–Crippen LogP) is 4.47. The third-order valence-corrected chi connectivity index (χ3v) is 8.13.